The third-order valence-corrected chi connectivity index (χ3v) is 3.44. The normalized spacial score (nSPS) is 10.1. The summed E-state index contributed by atoms with van der Waals surface area (Å²) < 4.78 is 0. The molecule has 0 saturated heterocycles. The van der Waals surface area contributed by atoms with Gasteiger partial charge in [-0.25, -0.2) is 0 Å². The first-order chi connectivity index (χ1) is 8.22. The highest BCUT2D eigenvalue weighted by Crippen LogP contribution is 2.39. The topological polar surface area (TPSA) is 57.5 Å². The van der Waals surface area contributed by atoms with E-state index in [4.69, 9.17) is 0 Å². The van der Waals surface area contributed by atoms with Gasteiger partial charge in [-0.05, 0) is 18.2 Å². The molecule has 86 valence electrons. The Balaban J connectivity index is 2.43. The van der Waals surface area contributed by atoms with Crippen molar-refractivity contribution in [1.29, 1.82) is 0 Å². The van der Waals surface area contributed by atoms with E-state index in [0.29, 0.717) is 21.6 Å². The van der Waals surface area contributed by atoms with E-state index in [1.165, 1.54) is 6.07 Å². The Labute approximate surface area is 103 Å². The molecule has 0 unspecified atom stereocenters. The van der Waals surface area contributed by atoms with Crippen LogP contribution in [-0.4, -0.2) is 16.5 Å². The van der Waals surface area contributed by atoms with Gasteiger partial charge in [-0.15, -0.1) is 0 Å². The van der Waals surface area contributed by atoms with Gasteiger partial charge in [-0.1, -0.05) is 36.0 Å². The number of aromatic hydroxyl groups is 2. The number of rotatable bonds is 3. The Morgan fingerprint density at radius 1 is 0.941 bits per heavy atom. The highest BCUT2D eigenvalue weighted by Gasteiger charge is 2.10. The van der Waals surface area contributed by atoms with E-state index in [1.807, 2.05) is 0 Å². The lowest BCUT2D eigenvalue weighted by atomic mass is 10.2. The van der Waals surface area contributed by atoms with Gasteiger partial charge in [0.1, 0.15) is 11.5 Å². The first-order valence-electron chi connectivity index (χ1n) is 4.95. The fourth-order valence-electron chi connectivity index (χ4n) is 1.40. The average molecular weight is 246 g/mol. The molecule has 0 bridgehead atoms. The maximum Gasteiger partial charge on any atom is 0.151 e. The molecule has 0 aliphatic heterocycles. The van der Waals surface area contributed by atoms with Gasteiger partial charge in [0.05, 0.1) is 9.79 Å². The largest absolute Gasteiger partial charge is 0.507 e. The molecule has 3 nitrogen and oxygen atoms in total. The van der Waals surface area contributed by atoms with E-state index < -0.39 is 0 Å². The third kappa shape index (κ3) is 2.42. The lowest BCUT2D eigenvalue weighted by Gasteiger charge is -2.08. The Kier molecular flexibility index (Phi) is 3.35. The molecule has 0 atom stereocenters. The zero-order valence-electron chi connectivity index (χ0n) is 8.83. The van der Waals surface area contributed by atoms with E-state index in [-0.39, 0.29) is 11.5 Å². The monoisotopic (exact) mass is 246 g/mol. The summed E-state index contributed by atoms with van der Waals surface area (Å²) >= 11 is 1.16. The predicted octanol–water partition coefficient (Wildman–Crippen LogP) is 3.06. The summed E-state index contributed by atoms with van der Waals surface area (Å²) in [5.74, 6) is 0.153. The van der Waals surface area contributed by atoms with Crippen molar-refractivity contribution in [2.45, 2.75) is 9.79 Å². The predicted molar refractivity (Wildman–Crippen MR) is 65.7 cm³/mol. The minimum Gasteiger partial charge on any atom is -0.507 e. The third-order valence-electron chi connectivity index (χ3n) is 2.23. The van der Waals surface area contributed by atoms with Crippen molar-refractivity contribution in [3.8, 4) is 11.5 Å². The molecule has 0 spiro atoms. The van der Waals surface area contributed by atoms with Crippen LogP contribution in [0.4, 0.5) is 0 Å². The van der Waals surface area contributed by atoms with Gasteiger partial charge in [0.15, 0.2) is 6.29 Å². The maximum atomic E-state index is 10.9. The van der Waals surface area contributed by atoms with Crippen molar-refractivity contribution in [2.75, 3.05) is 0 Å². The molecule has 0 amide bonds. The van der Waals surface area contributed by atoms with Crippen molar-refractivity contribution >= 4 is 18.0 Å². The first kappa shape index (κ1) is 11.5. The number of hydrogen-bond acceptors (Lipinski definition) is 4. The first-order valence-corrected chi connectivity index (χ1v) is 5.77. The number of phenolic OH excluding ortho intramolecular Hbond substituents is 2. The van der Waals surface area contributed by atoms with E-state index >= 15 is 0 Å². The molecule has 2 rings (SSSR count). The summed E-state index contributed by atoms with van der Waals surface area (Å²) in [7, 11) is 0. The lowest BCUT2D eigenvalue weighted by molar-refractivity contribution is 0.112. The summed E-state index contributed by atoms with van der Waals surface area (Å²) in [6.45, 7) is 0. The van der Waals surface area contributed by atoms with Gasteiger partial charge in [0, 0.05) is 5.56 Å². The van der Waals surface area contributed by atoms with Gasteiger partial charge < -0.3 is 10.2 Å². The number of aldehydes is 1. The lowest BCUT2D eigenvalue weighted by Crippen LogP contribution is -1.85. The Morgan fingerprint density at radius 3 is 2.35 bits per heavy atom. The van der Waals surface area contributed by atoms with Crippen molar-refractivity contribution in [1.82, 2.24) is 0 Å². The molecule has 2 aromatic carbocycles. The summed E-state index contributed by atoms with van der Waals surface area (Å²) in [6.07, 6.45) is 0.683. The molecule has 17 heavy (non-hydrogen) atoms. The number of carbonyl (C=O) groups excluding carboxylic acids is 1. The molecular weight excluding hydrogens is 236 g/mol. The molecule has 4 heteroatoms. The molecule has 0 fully saturated rings. The van der Waals surface area contributed by atoms with E-state index in [9.17, 15) is 15.0 Å². The maximum absolute atomic E-state index is 10.9. The van der Waals surface area contributed by atoms with Crippen LogP contribution in [0.5, 0.6) is 11.5 Å². The van der Waals surface area contributed by atoms with Gasteiger partial charge in [-0.3, -0.25) is 4.79 Å². The van der Waals surface area contributed by atoms with E-state index in [1.54, 1.807) is 36.4 Å². The van der Waals surface area contributed by atoms with Gasteiger partial charge >= 0.3 is 0 Å². The van der Waals surface area contributed by atoms with Gasteiger partial charge in [0.25, 0.3) is 0 Å². The molecule has 2 aromatic rings. The Bertz CT molecular complexity index is 552. The van der Waals surface area contributed by atoms with Crippen LogP contribution in [0.15, 0.2) is 52.3 Å². The fraction of sp³-hybridized carbons (Fsp3) is 0. The molecule has 0 aliphatic rings. The quantitative estimate of drug-likeness (QED) is 0.817. The standard InChI is InChI=1S/C13H10O3S/c14-8-9-4-3-6-11(16)13(9)17-12-7-2-1-5-10(12)15/h1-8,15-16H. The van der Waals surface area contributed by atoms with Crippen LogP contribution < -0.4 is 0 Å². The number of carbonyl (C=O) groups is 1. The Hall–Kier alpha value is -1.94. The van der Waals surface area contributed by atoms with Crippen molar-refractivity contribution in [3.05, 3.63) is 48.0 Å². The number of phenols is 2. The van der Waals surface area contributed by atoms with Crippen LogP contribution in [-0.2, 0) is 0 Å². The second kappa shape index (κ2) is 4.93. The summed E-state index contributed by atoms with van der Waals surface area (Å²) in [5.41, 5.74) is 0.401. The summed E-state index contributed by atoms with van der Waals surface area (Å²) in [6, 6.07) is 11.5. The number of para-hydroxylation sites is 1. The molecular formula is C13H10O3S. The zero-order chi connectivity index (χ0) is 12.3. The van der Waals surface area contributed by atoms with Crippen LogP contribution in [0.25, 0.3) is 0 Å². The van der Waals surface area contributed by atoms with Gasteiger partial charge in [0.2, 0.25) is 0 Å². The van der Waals surface area contributed by atoms with Crippen LogP contribution in [0.1, 0.15) is 10.4 Å². The number of benzene rings is 2. The molecule has 0 saturated carbocycles. The van der Waals surface area contributed by atoms with Crippen molar-refractivity contribution in [3.63, 3.8) is 0 Å². The molecule has 0 aliphatic carbocycles. The van der Waals surface area contributed by atoms with Crippen molar-refractivity contribution in [2.24, 2.45) is 0 Å². The fourth-order valence-corrected chi connectivity index (χ4v) is 2.35. The van der Waals surface area contributed by atoms with E-state index in [2.05, 4.69) is 0 Å². The number of hydrogen-bond donors (Lipinski definition) is 2. The average Bonchev–Trinajstić information content (AvgIpc) is 2.34. The Morgan fingerprint density at radius 2 is 1.65 bits per heavy atom. The smallest absolute Gasteiger partial charge is 0.151 e. The minimum atomic E-state index is 0.0304. The highest BCUT2D eigenvalue weighted by atomic mass is 32.2. The van der Waals surface area contributed by atoms with Crippen LogP contribution in [0.2, 0.25) is 0 Å². The van der Waals surface area contributed by atoms with Crippen LogP contribution in [0, 0.1) is 0 Å². The van der Waals surface area contributed by atoms with Crippen molar-refractivity contribution < 1.29 is 15.0 Å². The molecule has 0 aromatic heterocycles. The summed E-state index contributed by atoms with van der Waals surface area (Å²) in [5, 5.41) is 19.3. The second-order valence-electron chi connectivity index (χ2n) is 3.38. The molecule has 0 heterocycles. The SMILES string of the molecule is O=Cc1cccc(O)c1Sc1ccccc1O. The minimum absolute atomic E-state index is 0.0304. The highest BCUT2D eigenvalue weighted by molar-refractivity contribution is 7.99. The van der Waals surface area contributed by atoms with Crippen LogP contribution in [0.3, 0.4) is 0 Å². The second-order valence-corrected chi connectivity index (χ2v) is 4.44. The van der Waals surface area contributed by atoms with Crippen LogP contribution >= 0.6 is 11.8 Å². The van der Waals surface area contributed by atoms with Gasteiger partial charge in [-0.2, -0.15) is 0 Å². The van der Waals surface area contributed by atoms with E-state index in [0.717, 1.165) is 11.8 Å². The summed E-state index contributed by atoms with van der Waals surface area (Å²) in [4.78, 5) is 11.9. The zero-order valence-corrected chi connectivity index (χ0v) is 9.65. The molecule has 2 N–H and O–H groups in total. The molecule has 0 radical (unpaired) electrons.